The molecule has 4 heterocycles. The Hall–Kier alpha value is -2.70. The maximum absolute atomic E-state index is 5.09. The van der Waals surface area contributed by atoms with E-state index in [2.05, 4.69) is 39.2 Å². The Morgan fingerprint density at radius 2 is 1.61 bits per heavy atom. The molecule has 0 radical (unpaired) electrons. The fourth-order valence-corrected chi connectivity index (χ4v) is 4.40. The lowest BCUT2D eigenvalue weighted by Gasteiger charge is -2.37. The molecule has 2 aliphatic heterocycles. The smallest absolute Gasteiger partial charge is 0.172 e. The van der Waals surface area contributed by atoms with E-state index < -0.39 is 0 Å². The van der Waals surface area contributed by atoms with E-state index in [0.717, 1.165) is 67.6 Å². The number of piperidine rings is 2. The molecule has 2 fully saturated rings. The lowest BCUT2D eigenvalue weighted by Crippen LogP contribution is -2.40. The number of hydrogen-bond acceptors (Lipinski definition) is 6. The van der Waals surface area contributed by atoms with Crippen LogP contribution in [-0.2, 0) is 0 Å². The summed E-state index contributed by atoms with van der Waals surface area (Å²) in [6, 6.07) is 8.54. The molecule has 5 rings (SSSR count). The fourth-order valence-electron chi connectivity index (χ4n) is 4.40. The third-order valence-corrected chi connectivity index (χ3v) is 6.13. The summed E-state index contributed by atoms with van der Waals surface area (Å²) in [6.07, 6.45) is 8.40. The summed E-state index contributed by atoms with van der Waals surface area (Å²) >= 11 is 0. The van der Waals surface area contributed by atoms with Crippen molar-refractivity contribution in [2.24, 2.45) is 5.92 Å². The Morgan fingerprint density at radius 1 is 0.893 bits per heavy atom. The maximum Gasteiger partial charge on any atom is 0.172 e. The van der Waals surface area contributed by atoms with Crippen molar-refractivity contribution >= 4 is 22.7 Å². The molecule has 0 aliphatic carbocycles. The van der Waals surface area contributed by atoms with Crippen molar-refractivity contribution < 1.29 is 0 Å². The van der Waals surface area contributed by atoms with E-state index in [1.807, 2.05) is 23.0 Å². The quantitative estimate of drug-likeness (QED) is 0.698. The number of rotatable bonds is 3. The second-order valence-electron chi connectivity index (χ2n) is 8.15. The first-order valence-corrected chi connectivity index (χ1v) is 10.4. The minimum absolute atomic E-state index is 0.332. The highest BCUT2D eigenvalue weighted by Crippen LogP contribution is 2.34. The van der Waals surface area contributed by atoms with Gasteiger partial charge in [-0.25, -0.2) is 14.6 Å². The van der Waals surface area contributed by atoms with Crippen molar-refractivity contribution in [2.75, 3.05) is 36.0 Å². The van der Waals surface area contributed by atoms with Crippen LogP contribution in [0, 0.1) is 5.92 Å². The lowest BCUT2D eigenvalue weighted by atomic mass is 9.99. The highest BCUT2D eigenvalue weighted by molar-refractivity contribution is 5.81. The molecule has 0 saturated carbocycles. The van der Waals surface area contributed by atoms with E-state index >= 15 is 0 Å². The first-order valence-electron chi connectivity index (χ1n) is 10.4. The standard InChI is InChI=1S/C21H27N7/c1-16-8-12-26(13-9-16)20-21(24-19-7-3-2-6-18(19)23-20)27-11-4-5-17(15-27)28-14-10-22-25-28/h2-3,6-7,10,14,16-17H,4-5,8-9,11-13,15H2,1H3. The van der Waals surface area contributed by atoms with Crippen molar-refractivity contribution in [3.63, 3.8) is 0 Å². The number of hydrogen-bond donors (Lipinski definition) is 0. The monoisotopic (exact) mass is 377 g/mol. The number of aromatic nitrogens is 5. The lowest BCUT2D eigenvalue weighted by molar-refractivity contribution is 0.367. The molecule has 2 aliphatic rings. The zero-order chi connectivity index (χ0) is 18.9. The van der Waals surface area contributed by atoms with Crippen LogP contribution in [0.1, 0.15) is 38.6 Å². The number of fused-ring (bicyclic) bond motifs is 1. The first-order chi connectivity index (χ1) is 13.8. The van der Waals surface area contributed by atoms with Gasteiger partial charge in [0.15, 0.2) is 11.6 Å². The zero-order valence-corrected chi connectivity index (χ0v) is 16.4. The molecular weight excluding hydrogens is 350 g/mol. The van der Waals surface area contributed by atoms with E-state index in [1.165, 1.54) is 12.8 Å². The maximum atomic E-state index is 5.09. The SMILES string of the molecule is CC1CCN(c2nc3ccccc3nc2N2CCCC(n3ccnn3)C2)CC1. The van der Waals surface area contributed by atoms with Crippen LogP contribution in [0.3, 0.4) is 0 Å². The molecule has 2 saturated heterocycles. The molecule has 7 heteroatoms. The molecule has 3 aromatic rings. The Labute approximate surface area is 165 Å². The Kier molecular flexibility index (Phi) is 4.58. The van der Waals surface area contributed by atoms with Gasteiger partial charge >= 0.3 is 0 Å². The molecule has 146 valence electrons. The van der Waals surface area contributed by atoms with Gasteiger partial charge in [0.2, 0.25) is 0 Å². The summed E-state index contributed by atoms with van der Waals surface area (Å²) in [6.45, 7) is 6.36. The zero-order valence-electron chi connectivity index (χ0n) is 16.4. The second-order valence-corrected chi connectivity index (χ2v) is 8.15. The van der Waals surface area contributed by atoms with Gasteiger partial charge in [0.1, 0.15) is 0 Å². The topological polar surface area (TPSA) is 63.0 Å². The fraction of sp³-hybridized carbons (Fsp3) is 0.524. The molecule has 28 heavy (non-hydrogen) atoms. The van der Waals surface area contributed by atoms with E-state index in [4.69, 9.17) is 9.97 Å². The van der Waals surface area contributed by atoms with Crippen LogP contribution < -0.4 is 9.80 Å². The largest absolute Gasteiger partial charge is 0.354 e. The van der Waals surface area contributed by atoms with Gasteiger partial charge in [-0.1, -0.05) is 24.3 Å². The average Bonchev–Trinajstić information content (AvgIpc) is 3.29. The van der Waals surface area contributed by atoms with E-state index in [9.17, 15) is 0 Å². The second kappa shape index (κ2) is 7.37. The molecule has 1 unspecified atom stereocenters. The number of anilines is 2. The molecule has 1 atom stereocenters. The molecule has 1 aromatic carbocycles. The first kappa shape index (κ1) is 17.4. The van der Waals surface area contributed by atoms with Crippen LogP contribution in [0.5, 0.6) is 0 Å². The summed E-state index contributed by atoms with van der Waals surface area (Å²) < 4.78 is 1.99. The molecule has 0 bridgehead atoms. The molecule has 0 N–H and O–H groups in total. The Morgan fingerprint density at radius 3 is 2.29 bits per heavy atom. The number of para-hydroxylation sites is 2. The Bertz CT molecular complexity index is 931. The van der Waals surface area contributed by atoms with Crippen molar-refractivity contribution in [3.8, 4) is 0 Å². The highest BCUT2D eigenvalue weighted by atomic mass is 15.4. The van der Waals surface area contributed by atoms with Gasteiger partial charge in [0.05, 0.1) is 23.3 Å². The van der Waals surface area contributed by atoms with Crippen molar-refractivity contribution in [1.82, 2.24) is 25.0 Å². The summed E-state index contributed by atoms with van der Waals surface area (Å²) in [5.41, 5.74) is 1.94. The third-order valence-electron chi connectivity index (χ3n) is 6.13. The predicted octanol–water partition coefficient (Wildman–Crippen LogP) is 3.30. The van der Waals surface area contributed by atoms with Gasteiger partial charge < -0.3 is 9.80 Å². The van der Waals surface area contributed by atoms with Gasteiger partial charge in [-0.05, 0) is 43.7 Å². The van der Waals surface area contributed by atoms with Crippen LogP contribution in [0.25, 0.3) is 11.0 Å². The van der Waals surface area contributed by atoms with Gasteiger partial charge in [-0.2, -0.15) is 0 Å². The van der Waals surface area contributed by atoms with Gasteiger partial charge in [-0.15, -0.1) is 5.10 Å². The van der Waals surface area contributed by atoms with E-state index in [0.29, 0.717) is 6.04 Å². The van der Waals surface area contributed by atoms with Gasteiger partial charge in [0.25, 0.3) is 0 Å². The number of benzene rings is 1. The van der Waals surface area contributed by atoms with Crippen LogP contribution in [0.4, 0.5) is 11.6 Å². The summed E-state index contributed by atoms with van der Waals surface area (Å²) in [4.78, 5) is 15.0. The van der Waals surface area contributed by atoms with Crippen molar-refractivity contribution in [1.29, 1.82) is 0 Å². The van der Waals surface area contributed by atoms with Gasteiger partial charge in [-0.3, -0.25) is 0 Å². The van der Waals surface area contributed by atoms with Gasteiger partial charge in [0, 0.05) is 32.4 Å². The van der Waals surface area contributed by atoms with E-state index in [1.54, 1.807) is 6.20 Å². The number of nitrogens with zero attached hydrogens (tertiary/aromatic N) is 7. The molecule has 2 aromatic heterocycles. The van der Waals surface area contributed by atoms with Crippen LogP contribution >= 0.6 is 0 Å². The summed E-state index contributed by atoms with van der Waals surface area (Å²) in [7, 11) is 0. The van der Waals surface area contributed by atoms with Crippen LogP contribution in [0.2, 0.25) is 0 Å². The predicted molar refractivity (Wildman–Crippen MR) is 111 cm³/mol. The minimum Gasteiger partial charge on any atom is -0.354 e. The summed E-state index contributed by atoms with van der Waals surface area (Å²) in [5.74, 6) is 2.86. The molecule has 7 nitrogen and oxygen atoms in total. The highest BCUT2D eigenvalue weighted by Gasteiger charge is 2.28. The molecular formula is C21H27N7. The molecule has 0 amide bonds. The van der Waals surface area contributed by atoms with Crippen LogP contribution in [-0.4, -0.2) is 51.1 Å². The van der Waals surface area contributed by atoms with E-state index in [-0.39, 0.29) is 0 Å². The molecule has 0 spiro atoms. The van der Waals surface area contributed by atoms with Crippen LogP contribution in [0.15, 0.2) is 36.7 Å². The third kappa shape index (κ3) is 3.30. The normalized spacial score (nSPS) is 21.4. The van der Waals surface area contributed by atoms with Crippen molar-refractivity contribution in [2.45, 2.75) is 38.6 Å². The summed E-state index contributed by atoms with van der Waals surface area (Å²) in [5, 5.41) is 8.22. The average molecular weight is 377 g/mol. The van der Waals surface area contributed by atoms with Crippen molar-refractivity contribution in [3.05, 3.63) is 36.7 Å². The Balaban J connectivity index is 1.52. The minimum atomic E-state index is 0.332.